The first-order chi connectivity index (χ1) is 11.1. The van der Waals surface area contributed by atoms with E-state index in [1.165, 1.54) is 24.3 Å². The molecule has 0 bridgehead atoms. The second-order valence-electron chi connectivity index (χ2n) is 5.00. The molecule has 122 valence electrons. The zero-order valence-electron chi connectivity index (χ0n) is 13.1. The van der Waals surface area contributed by atoms with Gasteiger partial charge in [-0.1, -0.05) is 13.0 Å². The van der Waals surface area contributed by atoms with Crippen LogP contribution in [0.5, 0.6) is 0 Å². The van der Waals surface area contributed by atoms with Gasteiger partial charge in [0.2, 0.25) is 0 Å². The van der Waals surface area contributed by atoms with Crippen LogP contribution in [0, 0.1) is 5.82 Å². The van der Waals surface area contributed by atoms with Crippen LogP contribution in [0.3, 0.4) is 0 Å². The monoisotopic (exact) mass is 318 g/mol. The van der Waals surface area contributed by atoms with E-state index in [1.54, 1.807) is 24.3 Å². The van der Waals surface area contributed by atoms with Crippen LogP contribution in [0.2, 0.25) is 0 Å². The maximum Gasteiger partial charge on any atom is 0.413 e. The number of aliphatic hydroxyl groups excluding tert-OH is 1. The minimum Gasteiger partial charge on any atom is -0.452 e. The molecule has 0 spiro atoms. The molecule has 0 aliphatic heterocycles. The molecule has 0 fully saturated rings. The summed E-state index contributed by atoms with van der Waals surface area (Å²) in [4.78, 5) is 17.3. The Labute approximate surface area is 134 Å². The number of amides is 1. The van der Waals surface area contributed by atoms with Crippen molar-refractivity contribution in [3.8, 4) is 11.3 Å². The van der Waals surface area contributed by atoms with Crippen LogP contribution >= 0.6 is 0 Å². The number of nitrogens with zero attached hydrogens (tertiary/aromatic N) is 2. The van der Waals surface area contributed by atoms with Gasteiger partial charge in [-0.25, -0.2) is 9.18 Å². The number of aromatic nitrogens is 1. The van der Waals surface area contributed by atoms with Crippen molar-refractivity contribution < 1.29 is 19.0 Å². The smallest absolute Gasteiger partial charge is 0.413 e. The zero-order valence-corrected chi connectivity index (χ0v) is 13.1. The first-order valence-corrected chi connectivity index (χ1v) is 7.32. The molecule has 0 saturated carbocycles. The molecule has 1 heterocycles. The SMILES string of the molecule is CCCN(C(=O)OC)c1ccc(-c2ccc(CO)cn2)c(F)c1. The Bertz CT molecular complexity index is 674. The van der Waals surface area contributed by atoms with Crippen LogP contribution in [0.25, 0.3) is 11.3 Å². The molecule has 1 aromatic carbocycles. The van der Waals surface area contributed by atoms with E-state index in [1.807, 2.05) is 6.92 Å². The van der Waals surface area contributed by atoms with Gasteiger partial charge < -0.3 is 9.84 Å². The van der Waals surface area contributed by atoms with Crippen molar-refractivity contribution in [2.45, 2.75) is 20.0 Å². The molecule has 6 heteroatoms. The van der Waals surface area contributed by atoms with Crippen molar-refractivity contribution in [3.63, 3.8) is 0 Å². The molecule has 0 radical (unpaired) electrons. The minimum atomic E-state index is -0.524. The fourth-order valence-corrected chi connectivity index (χ4v) is 2.22. The molecule has 0 atom stereocenters. The lowest BCUT2D eigenvalue weighted by molar-refractivity contribution is 0.178. The first kappa shape index (κ1) is 16.9. The number of ether oxygens (including phenoxy) is 1. The normalized spacial score (nSPS) is 10.4. The predicted molar refractivity (Wildman–Crippen MR) is 85.6 cm³/mol. The number of rotatable bonds is 5. The minimum absolute atomic E-state index is 0.111. The summed E-state index contributed by atoms with van der Waals surface area (Å²) >= 11 is 0. The highest BCUT2D eigenvalue weighted by molar-refractivity contribution is 5.88. The summed E-state index contributed by atoms with van der Waals surface area (Å²) in [6, 6.07) is 7.87. The molecule has 0 unspecified atom stereocenters. The van der Waals surface area contributed by atoms with Crippen molar-refractivity contribution in [1.82, 2.24) is 4.98 Å². The standard InChI is InChI=1S/C17H19FN2O3/c1-3-8-20(17(22)23-2)13-5-6-14(15(18)9-13)16-7-4-12(11-21)10-19-16/h4-7,9-10,21H,3,8,11H2,1-2H3. The molecule has 2 aromatic rings. The zero-order chi connectivity index (χ0) is 16.8. The van der Waals surface area contributed by atoms with Crippen LogP contribution < -0.4 is 4.90 Å². The fourth-order valence-electron chi connectivity index (χ4n) is 2.22. The van der Waals surface area contributed by atoms with Crippen LogP contribution in [-0.2, 0) is 11.3 Å². The lowest BCUT2D eigenvalue weighted by Gasteiger charge is -2.21. The summed E-state index contributed by atoms with van der Waals surface area (Å²) in [6.07, 6.45) is 1.70. The number of methoxy groups -OCH3 is 1. The molecule has 0 aliphatic rings. The lowest BCUT2D eigenvalue weighted by Crippen LogP contribution is -2.31. The van der Waals surface area contributed by atoms with E-state index in [-0.39, 0.29) is 6.61 Å². The third kappa shape index (κ3) is 3.84. The number of carbonyl (C=O) groups is 1. The number of aliphatic hydroxyl groups is 1. The number of benzene rings is 1. The van der Waals surface area contributed by atoms with Gasteiger partial charge in [0.05, 0.1) is 19.4 Å². The predicted octanol–water partition coefficient (Wildman–Crippen LogP) is 3.36. The Balaban J connectivity index is 2.33. The first-order valence-electron chi connectivity index (χ1n) is 7.32. The number of pyridine rings is 1. The third-order valence-electron chi connectivity index (χ3n) is 3.39. The Kier molecular flexibility index (Phi) is 5.65. The van der Waals surface area contributed by atoms with Gasteiger partial charge in [-0.3, -0.25) is 9.88 Å². The summed E-state index contributed by atoms with van der Waals surface area (Å²) in [5.41, 5.74) is 1.89. The quantitative estimate of drug-likeness (QED) is 0.918. The lowest BCUT2D eigenvalue weighted by atomic mass is 10.1. The molecule has 1 aromatic heterocycles. The van der Waals surface area contributed by atoms with Crippen LogP contribution in [0.4, 0.5) is 14.9 Å². The summed E-state index contributed by atoms with van der Waals surface area (Å²) in [7, 11) is 1.29. The molecule has 0 saturated heterocycles. The van der Waals surface area contributed by atoms with Crippen molar-refractivity contribution in [2.24, 2.45) is 0 Å². The Morgan fingerprint density at radius 2 is 2.13 bits per heavy atom. The van der Waals surface area contributed by atoms with E-state index in [0.717, 1.165) is 6.42 Å². The Morgan fingerprint density at radius 1 is 1.35 bits per heavy atom. The van der Waals surface area contributed by atoms with E-state index in [2.05, 4.69) is 4.98 Å². The number of anilines is 1. The van der Waals surface area contributed by atoms with E-state index in [4.69, 9.17) is 9.84 Å². The van der Waals surface area contributed by atoms with Crippen LogP contribution in [0.1, 0.15) is 18.9 Å². The van der Waals surface area contributed by atoms with Crippen molar-refractivity contribution in [3.05, 3.63) is 47.9 Å². The Hall–Kier alpha value is -2.47. The average Bonchev–Trinajstić information content (AvgIpc) is 2.59. The van der Waals surface area contributed by atoms with Gasteiger partial charge in [0.15, 0.2) is 0 Å². The number of halogens is 1. The summed E-state index contributed by atoms with van der Waals surface area (Å²) in [5.74, 6) is -0.475. The molecule has 1 amide bonds. The van der Waals surface area contributed by atoms with E-state index < -0.39 is 11.9 Å². The van der Waals surface area contributed by atoms with Gasteiger partial charge in [-0.05, 0) is 36.2 Å². The number of carbonyl (C=O) groups excluding carboxylic acids is 1. The largest absolute Gasteiger partial charge is 0.452 e. The highest BCUT2D eigenvalue weighted by Crippen LogP contribution is 2.26. The second kappa shape index (κ2) is 7.69. The highest BCUT2D eigenvalue weighted by Gasteiger charge is 2.17. The van der Waals surface area contributed by atoms with E-state index >= 15 is 0 Å². The molecule has 23 heavy (non-hydrogen) atoms. The third-order valence-corrected chi connectivity index (χ3v) is 3.39. The van der Waals surface area contributed by atoms with Gasteiger partial charge in [-0.2, -0.15) is 0 Å². The van der Waals surface area contributed by atoms with E-state index in [9.17, 15) is 9.18 Å². The van der Waals surface area contributed by atoms with Crippen molar-refractivity contribution in [2.75, 3.05) is 18.6 Å². The number of hydrogen-bond donors (Lipinski definition) is 1. The highest BCUT2D eigenvalue weighted by atomic mass is 19.1. The summed E-state index contributed by atoms with van der Waals surface area (Å²) in [6.45, 7) is 2.25. The summed E-state index contributed by atoms with van der Waals surface area (Å²) in [5, 5.41) is 9.01. The fraction of sp³-hybridized carbons (Fsp3) is 0.294. The van der Waals surface area contributed by atoms with Crippen molar-refractivity contribution in [1.29, 1.82) is 0 Å². The maximum absolute atomic E-state index is 14.4. The molecule has 5 nitrogen and oxygen atoms in total. The van der Waals surface area contributed by atoms with Gasteiger partial charge in [0.25, 0.3) is 0 Å². The van der Waals surface area contributed by atoms with Crippen LogP contribution in [0.15, 0.2) is 36.5 Å². The Morgan fingerprint density at radius 3 is 2.65 bits per heavy atom. The molecule has 1 N–H and O–H groups in total. The van der Waals surface area contributed by atoms with Gasteiger partial charge in [0.1, 0.15) is 5.82 Å². The van der Waals surface area contributed by atoms with Crippen molar-refractivity contribution >= 4 is 11.8 Å². The maximum atomic E-state index is 14.4. The van der Waals surface area contributed by atoms with Gasteiger partial charge >= 0.3 is 6.09 Å². The van der Waals surface area contributed by atoms with Crippen LogP contribution in [-0.4, -0.2) is 29.8 Å². The molecule has 0 aliphatic carbocycles. The van der Waals surface area contributed by atoms with E-state index in [0.29, 0.717) is 29.1 Å². The van der Waals surface area contributed by atoms with Gasteiger partial charge in [-0.15, -0.1) is 0 Å². The molecule has 2 rings (SSSR count). The topological polar surface area (TPSA) is 62.7 Å². The second-order valence-corrected chi connectivity index (χ2v) is 5.00. The average molecular weight is 318 g/mol. The molecular weight excluding hydrogens is 299 g/mol. The van der Waals surface area contributed by atoms with Gasteiger partial charge in [0, 0.05) is 24.0 Å². The number of hydrogen-bond acceptors (Lipinski definition) is 4. The summed E-state index contributed by atoms with van der Waals surface area (Å²) < 4.78 is 19.1. The molecular formula is C17H19FN2O3.